The van der Waals surface area contributed by atoms with E-state index in [2.05, 4.69) is 10.6 Å². The highest BCUT2D eigenvalue weighted by Crippen LogP contribution is 2.23. The molecule has 0 aromatic heterocycles. The summed E-state index contributed by atoms with van der Waals surface area (Å²) < 4.78 is 32.1. The maximum atomic E-state index is 12.7. The average molecular weight is 424 g/mol. The number of amides is 1. The van der Waals surface area contributed by atoms with Gasteiger partial charge >= 0.3 is 0 Å². The van der Waals surface area contributed by atoms with Crippen molar-refractivity contribution in [2.75, 3.05) is 43.5 Å². The second-order valence-electron chi connectivity index (χ2n) is 6.36. The van der Waals surface area contributed by atoms with E-state index < -0.39 is 10.0 Å². The van der Waals surface area contributed by atoms with Gasteiger partial charge in [0.25, 0.3) is 0 Å². The van der Waals surface area contributed by atoms with Gasteiger partial charge in [-0.25, -0.2) is 8.42 Å². The smallest absolute Gasteiger partial charge is 0.243 e. The normalized spacial score (nSPS) is 15.2. The summed E-state index contributed by atoms with van der Waals surface area (Å²) in [7, 11) is -3.61. The van der Waals surface area contributed by atoms with Gasteiger partial charge in [0.05, 0.1) is 24.7 Å². The molecule has 1 aliphatic rings. The maximum Gasteiger partial charge on any atom is 0.243 e. The van der Waals surface area contributed by atoms with E-state index in [1.807, 2.05) is 13.0 Å². The molecule has 28 heavy (non-hydrogen) atoms. The molecule has 2 aromatic carbocycles. The highest BCUT2D eigenvalue weighted by molar-refractivity contribution is 7.89. The number of rotatable bonds is 6. The van der Waals surface area contributed by atoms with Gasteiger partial charge in [0, 0.05) is 29.5 Å². The van der Waals surface area contributed by atoms with Crippen LogP contribution in [0.5, 0.6) is 0 Å². The van der Waals surface area contributed by atoms with E-state index >= 15 is 0 Å². The van der Waals surface area contributed by atoms with E-state index in [0.717, 1.165) is 11.3 Å². The molecule has 1 aliphatic heterocycles. The number of halogens is 1. The van der Waals surface area contributed by atoms with Crippen LogP contribution in [-0.4, -0.2) is 51.5 Å². The molecular weight excluding hydrogens is 402 g/mol. The first-order valence-electron chi connectivity index (χ1n) is 8.85. The molecule has 1 heterocycles. The molecule has 150 valence electrons. The number of benzene rings is 2. The van der Waals surface area contributed by atoms with E-state index in [1.165, 1.54) is 16.4 Å². The Labute approximate surface area is 169 Å². The highest BCUT2D eigenvalue weighted by Gasteiger charge is 2.26. The quantitative estimate of drug-likeness (QED) is 0.745. The zero-order valence-corrected chi connectivity index (χ0v) is 17.0. The molecule has 0 aliphatic carbocycles. The monoisotopic (exact) mass is 423 g/mol. The molecule has 0 atom stereocenters. The summed E-state index contributed by atoms with van der Waals surface area (Å²) in [6, 6.07) is 11.7. The van der Waals surface area contributed by atoms with Gasteiger partial charge in [-0.15, -0.1) is 0 Å². The van der Waals surface area contributed by atoms with Gasteiger partial charge in [0.15, 0.2) is 0 Å². The molecule has 7 nitrogen and oxygen atoms in total. The fourth-order valence-corrected chi connectivity index (χ4v) is 4.48. The Hall–Kier alpha value is -2.13. The van der Waals surface area contributed by atoms with Gasteiger partial charge in [0.1, 0.15) is 0 Å². The molecule has 0 spiro atoms. The van der Waals surface area contributed by atoms with Gasteiger partial charge in [0.2, 0.25) is 15.9 Å². The number of nitrogens with zero attached hydrogens (tertiary/aromatic N) is 1. The molecule has 0 bridgehead atoms. The fraction of sp³-hybridized carbons (Fsp3) is 0.316. The molecule has 0 saturated carbocycles. The number of nitrogens with one attached hydrogen (secondary N) is 2. The van der Waals surface area contributed by atoms with Crippen LogP contribution in [-0.2, 0) is 19.6 Å². The molecule has 2 aromatic rings. The van der Waals surface area contributed by atoms with Crippen LogP contribution < -0.4 is 10.6 Å². The number of sulfonamides is 1. The Kier molecular flexibility index (Phi) is 6.56. The van der Waals surface area contributed by atoms with Crippen LogP contribution in [0.25, 0.3) is 0 Å². The number of hydrogen-bond donors (Lipinski definition) is 2. The number of morpholine rings is 1. The standard InChI is InChI=1S/C19H22ClN3O4S/c1-14-17(20)6-3-7-18(14)21-13-19(24)22-15-4-2-5-16(12-15)28(25,26)23-8-10-27-11-9-23/h2-7,12,21H,8-11,13H2,1H3,(H,22,24). The minimum Gasteiger partial charge on any atom is -0.379 e. The van der Waals surface area contributed by atoms with Crippen molar-refractivity contribution in [1.29, 1.82) is 0 Å². The Morgan fingerprint density at radius 1 is 1.18 bits per heavy atom. The van der Waals surface area contributed by atoms with Gasteiger partial charge in [-0.3, -0.25) is 4.79 Å². The second-order valence-corrected chi connectivity index (χ2v) is 8.70. The van der Waals surface area contributed by atoms with E-state index in [4.69, 9.17) is 16.3 Å². The summed E-state index contributed by atoms with van der Waals surface area (Å²) in [5.74, 6) is -0.291. The first-order chi connectivity index (χ1) is 13.4. The highest BCUT2D eigenvalue weighted by atomic mass is 35.5. The Bertz CT molecular complexity index is 959. The number of anilines is 2. The van der Waals surface area contributed by atoms with Crippen molar-refractivity contribution in [3.63, 3.8) is 0 Å². The molecule has 2 N–H and O–H groups in total. The second kappa shape index (κ2) is 8.91. The maximum absolute atomic E-state index is 12.7. The van der Waals surface area contributed by atoms with Crippen LogP contribution >= 0.6 is 11.6 Å². The summed E-state index contributed by atoms with van der Waals surface area (Å²) in [6.07, 6.45) is 0. The third-order valence-electron chi connectivity index (χ3n) is 4.43. The van der Waals surface area contributed by atoms with Crippen LogP contribution in [0.2, 0.25) is 5.02 Å². The topological polar surface area (TPSA) is 87.7 Å². The lowest BCUT2D eigenvalue weighted by molar-refractivity contribution is -0.114. The molecule has 3 rings (SSSR count). The van der Waals surface area contributed by atoms with Gasteiger partial charge in [-0.05, 0) is 42.8 Å². The van der Waals surface area contributed by atoms with Crippen LogP contribution in [0, 0.1) is 6.92 Å². The minimum atomic E-state index is -3.61. The summed E-state index contributed by atoms with van der Waals surface area (Å²) in [5, 5.41) is 6.37. The van der Waals surface area contributed by atoms with Crippen LogP contribution in [0.1, 0.15) is 5.56 Å². The van der Waals surface area contributed by atoms with Gasteiger partial charge in [-0.1, -0.05) is 23.7 Å². The summed E-state index contributed by atoms with van der Waals surface area (Å²) in [4.78, 5) is 12.4. The van der Waals surface area contributed by atoms with Crippen molar-refractivity contribution < 1.29 is 17.9 Å². The van der Waals surface area contributed by atoms with Crippen molar-refractivity contribution in [1.82, 2.24) is 4.31 Å². The first-order valence-corrected chi connectivity index (χ1v) is 10.7. The lowest BCUT2D eigenvalue weighted by Crippen LogP contribution is -2.40. The minimum absolute atomic E-state index is 0.0294. The largest absolute Gasteiger partial charge is 0.379 e. The van der Waals surface area contributed by atoms with E-state index in [9.17, 15) is 13.2 Å². The lowest BCUT2D eigenvalue weighted by Gasteiger charge is -2.26. The molecule has 1 saturated heterocycles. The van der Waals surface area contributed by atoms with Crippen LogP contribution in [0.3, 0.4) is 0 Å². The van der Waals surface area contributed by atoms with Crippen molar-refractivity contribution >= 4 is 38.9 Å². The fourth-order valence-electron chi connectivity index (χ4n) is 2.85. The molecule has 9 heteroatoms. The SMILES string of the molecule is Cc1c(Cl)cccc1NCC(=O)Nc1cccc(S(=O)(=O)N2CCOCC2)c1. The molecule has 0 unspecified atom stereocenters. The number of carbonyl (C=O) groups is 1. The third kappa shape index (κ3) is 4.82. The summed E-state index contributed by atoms with van der Waals surface area (Å²) >= 11 is 6.07. The van der Waals surface area contributed by atoms with Crippen molar-refractivity contribution in [2.24, 2.45) is 0 Å². The molecule has 0 radical (unpaired) electrons. The van der Waals surface area contributed by atoms with Crippen molar-refractivity contribution in [3.05, 3.63) is 53.1 Å². The van der Waals surface area contributed by atoms with Crippen LogP contribution in [0.15, 0.2) is 47.4 Å². The number of carbonyl (C=O) groups excluding carboxylic acids is 1. The lowest BCUT2D eigenvalue weighted by atomic mass is 10.2. The zero-order chi connectivity index (χ0) is 20.1. The number of ether oxygens (including phenoxy) is 1. The summed E-state index contributed by atoms with van der Waals surface area (Å²) in [5.41, 5.74) is 2.05. The molecule has 1 amide bonds. The predicted molar refractivity (Wildman–Crippen MR) is 109 cm³/mol. The summed E-state index contributed by atoms with van der Waals surface area (Å²) in [6.45, 7) is 3.29. The van der Waals surface area contributed by atoms with Crippen molar-refractivity contribution in [2.45, 2.75) is 11.8 Å². The van der Waals surface area contributed by atoms with E-state index in [0.29, 0.717) is 37.0 Å². The van der Waals surface area contributed by atoms with Crippen LogP contribution in [0.4, 0.5) is 11.4 Å². The van der Waals surface area contributed by atoms with Gasteiger partial charge < -0.3 is 15.4 Å². The molecule has 1 fully saturated rings. The Morgan fingerprint density at radius 2 is 1.89 bits per heavy atom. The first kappa shape index (κ1) is 20.6. The molecular formula is C19H22ClN3O4S. The average Bonchev–Trinajstić information content (AvgIpc) is 2.70. The third-order valence-corrected chi connectivity index (χ3v) is 6.74. The number of hydrogen-bond acceptors (Lipinski definition) is 5. The van der Waals surface area contributed by atoms with Gasteiger partial charge in [-0.2, -0.15) is 4.31 Å². The Balaban J connectivity index is 1.65. The predicted octanol–water partition coefficient (Wildman–Crippen LogP) is 2.72. The Morgan fingerprint density at radius 3 is 2.64 bits per heavy atom. The zero-order valence-electron chi connectivity index (χ0n) is 15.4. The van der Waals surface area contributed by atoms with E-state index in [-0.39, 0.29) is 17.3 Å². The van der Waals surface area contributed by atoms with Crippen molar-refractivity contribution in [3.8, 4) is 0 Å². The van der Waals surface area contributed by atoms with E-state index in [1.54, 1.807) is 24.3 Å².